The first kappa shape index (κ1) is 28.0. The van der Waals surface area contributed by atoms with E-state index in [9.17, 15) is 19.5 Å². The van der Waals surface area contributed by atoms with Gasteiger partial charge >= 0.3 is 12.1 Å². The number of aryl methyl sites for hydroxylation is 2. The second-order valence-electron chi connectivity index (χ2n) is 10.5. The number of anilines is 1. The summed E-state index contributed by atoms with van der Waals surface area (Å²) in [5.41, 5.74) is 0.349. The van der Waals surface area contributed by atoms with Crippen molar-refractivity contribution in [2.45, 2.75) is 71.4 Å². The summed E-state index contributed by atoms with van der Waals surface area (Å²) in [6.07, 6.45) is 3.74. The fourth-order valence-corrected chi connectivity index (χ4v) is 4.30. The number of carboxylic acids is 1. The second-order valence-corrected chi connectivity index (χ2v) is 10.5. The van der Waals surface area contributed by atoms with Crippen LogP contribution >= 0.6 is 0 Å². The largest absolute Gasteiger partial charge is 0.479 e. The third-order valence-electron chi connectivity index (χ3n) is 6.76. The van der Waals surface area contributed by atoms with Crippen LogP contribution in [0.3, 0.4) is 0 Å². The molecule has 1 atom stereocenters. The van der Waals surface area contributed by atoms with Crippen LogP contribution in [0.15, 0.2) is 42.5 Å². The number of unbranched alkanes of at least 4 members (excludes halogenated alkanes) is 1. The Morgan fingerprint density at radius 3 is 2.54 bits per heavy atom. The molecule has 3 rings (SSSR count). The molecule has 200 valence electrons. The number of aliphatic carboxylic acids is 1. The van der Waals surface area contributed by atoms with E-state index < -0.39 is 23.0 Å². The highest BCUT2D eigenvalue weighted by Gasteiger charge is 2.50. The Kier molecular flexibility index (Phi) is 9.49. The summed E-state index contributed by atoms with van der Waals surface area (Å²) in [6, 6.07) is 13.3. The third-order valence-corrected chi connectivity index (χ3v) is 6.76. The summed E-state index contributed by atoms with van der Waals surface area (Å²) in [4.78, 5) is 42.2. The summed E-state index contributed by atoms with van der Waals surface area (Å²) in [7, 11) is 0. The van der Waals surface area contributed by atoms with Gasteiger partial charge in [0.25, 0.3) is 0 Å². The Labute approximate surface area is 218 Å². The highest BCUT2D eigenvalue weighted by atomic mass is 16.5. The maximum atomic E-state index is 12.6. The number of ether oxygens (including phenoxy) is 1. The number of carbonyl (C=O) groups excluding carboxylic acids is 2. The van der Waals surface area contributed by atoms with Gasteiger partial charge < -0.3 is 25.8 Å². The van der Waals surface area contributed by atoms with Crippen LogP contribution in [-0.2, 0) is 33.8 Å². The van der Waals surface area contributed by atoms with Crippen molar-refractivity contribution in [3.8, 4) is 0 Å². The summed E-state index contributed by atoms with van der Waals surface area (Å²) in [5, 5.41) is 18.7. The van der Waals surface area contributed by atoms with Crippen molar-refractivity contribution in [1.82, 2.24) is 15.6 Å². The average Bonchev–Trinajstić information content (AvgIpc) is 2.87. The molecule has 0 fully saturated rings. The number of rotatable bonds is 11. The van der Waals surface area contributed by atoms with Crippen molar-refractivity contribution in [1.29, 1.82) is 0 Å². The van der Waals surface area contributed by atoms with Crippen molar-refractivity contribution in [2.24, 2.45) is 5.41 Å². The molecular weight excluding hydrogens is 472 g/mol. The fraction of sp³-hybridized carbons (Fsp3) is 0.500. The Morgan fingerprint density at radius 1 is 1.08 bits per heavy atom. The Hall–Kier alpha value is -3.62. The molecular formula is C28H38N4O5. The normalized spacial score (nSPS) is 14.5. The monoisotopic (exact) mass is 510 g/mol. The minimum Gasteiger partial charge on any atom is -0.479 e. The van der Waals surface area contributed by atoms with Crippen LogP contribution in [0.4, 0.5) is 10.6 Å². The maximum Gasteiger partial charge on any atom is 0.408 e. The molecule has 1 aliphatic heterocycles. The number of hydrogen-bond donors (Lipinski definition) is 4. The number of alkyl carbamates (subject to hydrolysis) is 1. The first-order valence-electron chi connectivity index (χ1n) is 12.8. The molecule has 4 N–H and O–H groups in total. The number of carboxylic acid groups (broad SMARTS) is 1. The predicted molar refractivity (Wildman–Crippen MR) is 141 cm³/mol. The summed E-state index contributed by atoms with van der Waals surface area (Å²) < 4.78 is 5.26. The lowest BCUT2D eigenvalue weighted by atomic mass is 9.73. The molecule has 0 spiro atoms. The van der Waals surface area contributed by atoms with Crippen LogP contribution in [0, 0.1) is 5.41 Å². The molecule has 37 heavy (non-hydrogen) atoms. The molecule has 2 aromatic rings. The van der Waals surface area contributed by atoms with Crippen molar-refractivity contribution in [2.75, 3.05) is 18.4 Å². The predicted octanol–water partition coefficient (Wildman–Crippen LogP) is 4.06. The average molecular weight is 511 g/mol. The van der Waals surface area contributed by atoms with E-state index in [0.717, 1.165) is 49.3 Å². The Balaban J connectivity index is 1.50. The zero-order chi connectivity index (χ0) is 26.9. The molecule has 0 bridgehead atoms. The van der Waals surface area contributed by atoms with Crippen LogP contribution in [-0.4, -0.2) is 46.7 Å². The molecule has 1 unspecified atom stereocenters. The molecule has 9 nitrogen and oxygen atoms in total. The highest BCUT2D eigenvalue weighted by Crippen LogP contribution is 2.31. The smallest absolute Gasteiger partial charge is 0.408 e. The maximum absolute atomic E-state index is 12.6. The lowest BCUT2D eigenvalue weighted by Crippen LogP contribution is -2.67. The van der Waals surface area contributed by atoms with Gasteiger partial charge in [0.1, 0.15) is 12.4 Å². The molecule has 1 aliphatic rings. The van der Waals surface area contributed by atoms with Gasteiger partial charge in [-0.25, -0.2) is 14.6 Å². The SMILES string of the molecule is CC(C)(C)C(CNC(=O)CCCCc1ccc2c(n1)NCCC2)(NC(=O)OCc1ccccc1)C(=O)O. The zero-order valence-electron chi connectivity index (χ0n) is 21.9. The van der Waals surface area contributed by atoms with Gasteiger partial charge in [0.05, 0.1) is 6.54 Å². The van der Waals surface area contributed by atoms with Crippen LogP contribution in [0.5, 0.6) is 0 Å². The Morgan fingerprint density at radius 2 is 1.84 bits per heavy atom. The number of amides is 2. The van der Waals surface area contributed by atoms with Gasteiger partial charge in [-0.15, -0.1) is 0 Å². The topological polar surface area (TPSA) is 130 Å². The number of hydrogen-bond acceptors (Lipinski definition) is 6. The fourth-order valence-electron chi connectivity index (χ4n) is 4.30. The van der Waals surface area contributed by atoms with E-state index in [-0.39, 0.29) is 25.5 Å². The lowest BCUT2D eigenvalue weighted by molar-refractivity contribution is -0.149. The number of fused-ring (bicyclic) bond motifs is 1. The standard InChI is InChI=1S/C28H38N4O5/c1-27(2,3)28(25(34)35,32-26(36)37-18-20-10-5-4-6-11-20)19-30-23(33)14-8-7-13-22-16-15-21-12-9-17-29-24(21)31-22/h4-6,10-11,15-16H,7-9,12-14,17-19H2,1-3H3,(H,29,31)(H,30,33)(H,32,36)(H,34,35). The molecule has 1 aromatic heterocycles. The number of carbonyl (C=O) groups is 3. The molecule has 1 aromatic carbocycles. The minimum absolute atomic E-state index is 0.00795. The minimum atomic E-state index is -1.75. The third kappa shape index (κ3) is 7.68. The summed E-state index contributed by atoms with van der Waals surface area (Å²) in [6.45, 7) is 5.79. The molecule has 0 saturated heterocycles. The van der Waals surface area contributed by atoms with E-state index in [1.807, 2.05) is 24.3 Å². The number of aromatic nitrogens is 1. The van der Waals surface area contributed by atoms with E-state index in [4.69, 9.17) is 4.74 Å². The molecule has 2 heterocycles. The van der Waals surface area contributed by atoms with Crippen molar-refractivity contribution < 1.29 is 24.2 Å². The first-order chi connectivity index (χ1) is 17.6. The number of pyridine rings is 1. The highest BCUT2D eigenvalue weighted by molar-refractivity contribution is 5.87. The second kappa shape index (κ2) is 12.6. The van der Waals surface area contributed by atoms with Crippen molar-refractivity contribution in [3.63, 3.8) is 0 Å². The quantitative estimate of drug-likeness (QED) is 0.335. The summed E-state index contributed by atoms with van der Waals surface area (Å²) >= 11 is 0. The van der Waals surface area contributed by atoms with Gasteiger partial charge in [-0.3, -0.25) is 4.79 Å². The van der Waals surface area contributed by atoms with Gasteiger partial charge in [0, 0.05) is 18.7 Å². The molecule has 0 aliphatic carbocycles. The molecule has 2 amide bonds. The Bertz CT molecular complexity index is 1080. The van der Waals surface area contributed by atoms with E-state index in [2.05, 4.69) is 27.0 Å². The van der Waals surface area contributed by atoms with Gasteiger partial charge in [-0.05, 0) is 54.7 Å². The van der Waals surface area contributed by atoms with Gasteiger partial charge in [0.2, 0.25) is 5.91 Å². The lowest BCUT2D eigenvalue weighted by Gasteiger charge is -2.41. The van der Waals surface area contributed by atoms with Gasteiger partial charge in [0.15, 0.2) is 5.54 Å². The molecule has 0 saturated carbocycles. The number of nitrogens with zero attached hydrogens (tertiary/aromatic N) is 1. The van der Waals surface area contributed by atoms with Crippen LogP contribution in [0.25, 0.3) is 0 Å². The molecule has 0 radical (unpaired) electrons. The first-order valence-corrected chi connectivity index (χ1v) is 12.8. The zero-order valence-corrected chi connectivity index (χ0v) is 21.9. The van der Waals surface area contributed by atoms with Crippen LogP contribution < -0.4 is 16.0 Å². The van der Waals surface area contributed by atoms with E-state index >= 15 is 0 Å². The number of nitrogens with one attached hydrogen (secondary N) is 3. The summed E-state index contributed by atoms with van der Waals surface area (Å²) in [5.74, 6) is -0.554. The van der Waals surface area contributed by atoms with Gasteiger partial charge in [-0.1, -0.05) is 57.2 Å². The molecule has 9 heteroatoms. The number of benzene rings is 1. The van der Waals surface area contributed by atoms with Crippen molar-refractivity contribution >= 4 is 23.8 Å². The van der Waals surface area contributed by atoms with Gasteiger partial charge in [-0.2, -0.15) is 0 Å². The van der Waals surface area contributed by atoms with Crippen molar-refractivity contribution in [3.05, 3.63) is 59.3 Å². The van der Waals surface area contributed by atoms with E-state index in [1.165, 1.54) is 5.56 Å². The van der Waals surface area contributed by atoms with Crippen LogP contribution in [0.1, 0.15) is 63.3 Å². The van der Waals surface area contributed by atoms with E-state index in [1.54, 1.807) is 32.9 Å². The van der Waals surface area contributed by atoms with Crippen LogP contribution in [0.2, 0.25) is 0 Å². The van der Waals surface area contributed by atoms with E-state index in [0.29, 0.717) is 6.42 Å².